The van der Waals surface area contributed by atoms with Gasteiger partial charge in [-0.1, -0.05) is 29.8 Å². The molecule has 0 unspecified atom stereocenters. The van der Waals surface area contributed by atoms with Gasteiger partial charge in [-0.25, -0.2) is 0 Å². The zero-order chi connectivity index (χ0) is 18.4. The smallest absolute Gasteiger partial charge is 0.255 e. The first-order chi connectivity index (χ1) is 12.6. The molecule has 3 aromatic rings. The Bertz CT molecular complexity index is 886. The molecule has 1 aromatic heterocycles. The fraction of sp³-hybridized carbons (Fsp3) is 0.143. The topological polar surface area (TPSA) is 59.3 Å². The molecule has 0 saturated carbocycles. The van der Waals surface area contributed by atoms with Crippen LogP contribution in [0.4, 0.5) is 5.69 Å². The van der Waals surface area contributed by atoms with Crippen molar-refractivity contribution in [2.75, 3.05) is 5.32 Å². The predicted molar refractivity (Wildman–Crippen MR) is 102 cm³/mol. The molecule has 0 spiro atoms. The monoisotopic (exact) mass is 367 g/mol. The van der Waals surface area contributed by atoms with E-state index in [0.717, 1.165) is 11.3 Å². The van der Waals surface area contributed by atoms with E-state index in [1.165, 1.54) is 0 Å². The van der Waals surface area contributed by atoms with Crippen molar-refractivity contribution < 1.29 is 14.0 Å². The molecule has 2 aromatic carbocycles. The fourth-order valence-electron chi connectivity index (χ4n) is 2.57. The highest BCUT2D eigenvalue weighted by molar-refractivity contribution is 6.31. The van der Waals surface area contributed by atoms with Crippen LogP contribution in [0.5, 0.6) is 0 Å². The number of Topliss-reactive ketones (excluding diaryl/α,β-unsaturated/α-hetero) is 1. The third kappa shape index (κ3) is 5.07. The summed E-state index contributed by atoms with van der Waals surface area (Å²) < 4.78 is 5.23. The van der Waals surface area contributed by atoms with Crippen molar-refractivity contribution in [1.82, 2.24) is 0 Å². The van der Waals surface area contributed by atoms with E-state index in [1.807, 2.05) is 24.3 Å². The van der Waals surface area contributed by atoms with Crippen molar-refractivity contribution in [3.8, 4) is 0 Å². The van der Waals surface area contributed by atoms with E-state index in [4.69, 9.17) is 16.0 Å². The summed E-state index contributed by atoms with van der Waals surface area (Å²) in [5, 5.41) is 3.33. The number of hydrogen-bond acceptors (Lipinski definition) is 3. The highest BCUT2D eigenvalue weighted by atomic mass is 35.5. The first kappa shape index (κ1) is 18.0. The van der Waals surface area contributed by atoms with Crippen LogP contribution in [0.3, 0.4) is 0 Å². The molecule has 3 rings (SSSR count). The summed E-state index contributed by atoms with van der Waals surface area (Å²) in [6, 6.07) is 17.7. The Morgan fingerprint density at radius 1 is 1.00 bits per heavy atom. The lowest BCUT2D eigenvalue weighted by Gasteiger charge is -2.07. The molecule has 26 heavy (non-hydrogen) atoms. The van der Waals surface area contributed by atoms with E-state index in [-0.39, 0.29) is 11.7 Å². The molecule has 1 amide bonds. The van der Waals surface area contributed by atoms with Gasteiger partial charge in [0.1, 0.15) is 11.5 Å². The molecule has 0 saturated heterocycles. The minimum Gasteiger partial charge on any atom is -0.469 e. The van der Waals surface area contributed by atoms with Gasteiger partial charge in [0.25, 0.3) is 5.91 Å². The van der Waals surface area contributed by atoms with Crippen LogP contribution in [-0.2, 0) is 17.6 Å². The molecule has 132 valence electrons. The maximum atomic E-state index is 12.2. The summed E-state index contributed by atoms with van der Waals surface area (Å²) in [5.41, 5.74) is 2.08. The van der Waals surface area contributed by atoms with Gasteiger partial charge in [-0.3, -0.25) is 9.59 Å². The van der Waals surface area contributed by atoms with Crippen LogP contribution in [0.1, 0.15) is 28.1 Å². The Labute approximate surface area is 156 Å². The Morgan fingerprint density at radius 3 is 2.50 bits per heavy atom. The Morgan fingerprint density at radius 2 is 1.81 bits per heavy atom. The molecule has 0 aliphatic heterocycles. The van der Waals surface area contributed by atoms with E-state index in [0.29, 0.717) is 35.5 Å². The van der Waals surface area contributed by atoms with Crippen molar-refractivity contribution in [2.45, 2.75) is 19.3 Å². The van der Waals surface area contributed by atoms with E-state index < -0.39 is 0 Å². The standard InChI is InChI=1S/C21H18ClNO3/c22-17-4-1-3-16(14-17)21(25)23-18-8-6-15(7-9-18)13-19(24)10-11-20-5-2-12-26-20/h1-9,12,14H,10-11,13H2,(H,23,25). The second-order valence-electron chi connectivity index (χ2n) is 5.96. The highest BCUT2D eigenvalue weighted by Crippen LogP contribution is 2.15. The molecule has 0 aliphatic carbocycles. The molecule has 0 aliphatic rings. The van der Waals surface area contributed by atoms with Gasteiger partial charge in [0.15, 0.2) is 0 Å². The molecule has 0 fully saturated rings. The van der Waals surface area contributed by atoms with Crippen LogP contribution in [-0.4, -0.2) is 11.7 Å². The van der Waals surface area contributed by atoms with E-state index in [9.17, 15) is 9.59 Å². The van der Waals surface area contributed by atoms with Gasteiger partial charge < -0.3 is 9.73 Å². The number of anilines is 1. The molecule has 1 heterocycles. The number of ketones is 1. The summed E-state index contributed by atoms with van der Waals surface area (Å²) in [4.78, 5) is 24.3. The largest absolute Gasteiger partial charge is 0.469 e. The number of carbonyl (C=O) groups excluding carboxylic acids is 2. The average Bonchev–Trinajstić information content (AvgIpc) is 3.15. The van der Waals surface area contributed by atoms with Gasteiger partial charge in [0.05, 0.1) is 6.26 Å². The zero-order valence-corrected chi connectivity index (χ0v) is 14.8. The van der Waals surface area contributed by atoms with E-state index in [1.54, 1.807) is 42.7 Å². The number of nitrogens with one attached hydrogen (secondary N) is 1. The fourth-order valence-corrected chi connectivity index (χ4v) is 2.76. The van der Waals surface area contributed by atoms with Gasteiger partial charge in [0.2, 0.25) is 0 Å². The number of furan rings is 1. The molecule has 4 nitrogen and oxygen atoms in total. The lowest BCUT2D eigenvalue weighted by molar-refractivity contribution is -0.118. The Hall–Kier alpha value is -2.85. The maximum absolute atomic E-state index is 12.2. The third-order valence-electron chi connectivity index (χ3n) is 3.93. The minimum atomic E-state index is -0.227. The first-order valence-electron chi connectivity index (χ1n) is 8.30. The predicted octanol–water partition coefficient (Wildman–Crippen LogP) is 4.93. The number of hydrogen-bond donors (Lipinski definition) is 1. The number of amides is 1. The highest BCUT2D eigenvalue weighted by Gasteiger charge is 2.08. The summed E-state index contributed by atoms with van der Waals surface area (Å²) in [7, 11) is 0. The second kappa shape index (κ2) is 8.50. The van der Waals surface area contributed by atoms with E-state index >= 15 is 0 Å². The molecular weight excluding hydrogens is 350 g/mol. The summed E-state index contributed by atoms with van der Waals surface area (Å²) in [5.74, 6) is 0.740. The minimum absolute atomic E-state index is 0.150. The number of carbonyl (C=O) groups is 2. The van der Waals surface area contributed by atoms with Crippen LogP contribution in [0.2, 0.25) is 5.02 Å². The average molecular weight is 368 g/mol. The SMILES string of the molecule is O=C(CCc1ccco1)Cc1ccc(NC(=O)c2cccc(Cl)c2)cc1. The van der Waals surface area contributed by atoms with Crippen LogP contribution < -0.4 is 5.32 Å². The normalized spacial score (nSPS) is 10.5. The van der Waals surface area contributed by atoms with Crippen LogP contribution in [0.25, 0.3) is 0 Å². The third-order valence-corrected chi connectivity index (χ3v) is 4.17. The number of rotatable bonds is 7. The molecular formula is C21H18ClNO3. The lowest BCUT2D eigenvalue weighted by Crippen LogP contribution is -2.11. The van der Waals surface area contributed by atoms with Crippen molar-refractivity contribution in [1.29, 1.82) is 0 Å². The van der Waals surface area contributed by atoms with Crippen LogP contribution in [0, 0.1) is 0 Å². The molecule has 0 bridgehead atoms. The number of aryl methyl sites for hydroxylation is 1. The Balaban J connectivity index is 1.53. The van der Waals surface area contributed by atoms with Crippen LogP contribution >= 0.6 is 11.6 Å². The Kier molecular flexibility index (Phi) is 5.87. The summed E-state index contributed by atoms with van der Waals surface area (Å²) in [6.45, 7) is 0. The molecule has 0 radical (unpaired) electrons. The zero-order valence-electron chi connectivity index (χ0n) is 14.1. The molecule has 5 heteroatoms. The number of halogens is 1. The van der Waals surface area contributed by atoms with Crippen LogP contribution in [0.15, 0.2) is 71.3 Å². The quantitative estimate of drug-likeness (QED) is 0.644. The second-order valence-corrected chi connectivity index (χ2v) is 6.39. The summed E-state index contributed by atoms with van der Waals surface area (Å²) >= 11 is 5.90. The maximum Gasteiger partial charge on any atom is 0.255 e. The van der Waals surface area contributed by atoms with Crippen molar-refractivity contribution >= 4 is 29.0 Å². The van der Waals surface area contributed by atoms with E-state index in [2.05, 4.69) is 5.32 Å². The van der Waals surface area contributed by atoms with Crippen molar-refractivity contribution in [3.63, 3.8) is 0 Å². The summed E-state index contributed by atoms with van der Waals surface area (Å²) in [6.07, 6.45) is 3.03. The van der Waals surface area contributed by atoms with Gasteiger partial charge in [0, 0.05) is 35.5 Å². The molecule has 0 atom stereocenters. The van der Waals surface area contributed by atoms with Crippen molar-refractivity contribution in [3.05, 3.63) is 88.8 Å². The molecule has 1 N–H and O–H groups in total. The van der Waals surface area contributed by atoms with Gasteiger partial charge >= 0.3 is 0 Å². The number of benzene rings is 2. The lowest BCUT2D eigenvalue weighted by atomic mass is 10.0. The van der Waals surface area contributed by atoms with Gasteiger partial charge in [-0.2, -0.15) is 0 Å². The van der Waals surface area contributed by atoms with Crippen molar-refractivity contribution in [2.24, 2.45) is 0 Å². The first-order valence-corrected chi connectivity index (χ1v) is 8.68. The van der Waals surface area contributed by atoms with Gasteiger partial charge in [-0.05, 0) is 48.0 Å². The van der Waals surface area contributed by atoms with Gasteiger partial charge in [-0.15, -0.1) is 0 Å².